The van der Waals surface area contributed by atoms with Gasteiger partial charge in [-0.05, 0) is 31.0 Å². The third-order valence-corrected chi connectivity index (χ3v) is 5.01. The summed E-state index contributed by atoms with van der Waals surface area (Å²) >= 11 is 0. The molecule has 1 fully saturated rings. The van der Waals surface area contributed by atoms with E-state index in [4.69, 9.17) is 4.84 Å². The van der Waals surface area contributed by atoms with Gasteiger partial charge in [0.2, 0.25) is 5.91 Å². The van der Waals surface area contributed by atoms with Crippen molar-refractivity contribution in [1.82, 2.24) is 4.90 Å². The van der Waals surface area contributed by atoms with Gasteiger partial charge in [0.1, 0.15) is 23.3 Å². The van der Waals surface area contributed by atoms with Gasteiger partial charge in [0.25, 0.3) is 0 Å². The van der Waals surface area contributed by atoms with E-state index < -0.39 is 29.4 Å². The lowest BCUT2D eigenvalue weighted by atomic mass is 10.0. The Morgan fingerprint density at radius 1 is 1.03 bits per heavy atom. The van der Waals surface area contributed by atoms with Crippen LogP contribution in [0.15, 0.2) is 41.6 Å². The van der Waals surface area contributed by atoms with Crippen molar-refractivity contribution in [2.45, 2.75) is 31.9 Å². The van der Waals surface area contributed by atoms with Crippen LogP contribution in [-0.4, -0.2) is 29.2 Å². The first-order valence-corrected chi connectivity index (χ1v) is 9.31. The van der Waals surface area contributed by atoms with Crippen LogP contribution in [0, 0.1) is 29.2 Å². The first-order valence-electron chi connectivity index (χ1n) is 9.31. The van der Waals surface area contributed by atoms with Gasteiger partial charge in [0.15, 0.2) is 6.10 Å². The minimum absolute atomic E-state index is 0.0262. The molecule has 1 saturated carbocycles. The van der Waals surface area contributed by atoms with Crippen LogP contribution < -0.4 is 0 Å². The van der Waals surface area contributed by atoms with Gasteiger partial charge in [-0.25, -0.2) is 17.6 Å². The van der Waals surface area contributed by atoms with E-state index >= 15 is 0 Å². The molecule has 8 heteroatoms. The van der Waals surface area contributed by atoms with Crippen molar-refractivity contribution >= 4 is 11.6 Å². The summed E-state index contributed by atoms with van der Waals surface area (Å²) < 4.78 is 54.3. The van der Waals surface area contributed by atoms with Gasteiger partial charge in [-0.1, -0.05) is 11.2 Å². The Morgan fingerprint density at radius 3 is 2.38 bits per heavy atom. The predicted molar refractivity (Wildman–Crippen MR) is 96.9 cm³/mol. The lowest BCUT2D eigenvalue weighted by Gasteiger charge is -2.25. The second-order valence-electron chi connectivity index (χ2n) is 7.32. The summed E-state index contributed by atoms with van der Waals surface area (Å²) in [7, 11) is 0. The smallest absolute Gasteiger partial charge is 0.226 e. The third-order valence-electron chi connectivity index (χ3n) is 5.01. The average molecular weight is 406 g/mol. The maximum Gasteiger partial charge on any atom is 0.226 e. The SMILES string of the molecule is O=C(C1CC1)N(Cc1ccc(F)cc1F)C[C@@H]1CC(c2ccc(F)cc2F)=NO1. The topological polar surface area (TPSA) is 41.9 Å². The molecule has 0 N–H and O–H groups in total. The number of hydrogen-bond donors (Lipinski definition) is 0. The molecule has 1 aliphatic carbocycles. The number of oxime groups is 1. The van der Waals surface area contributed by atoms with Crippen molar-refractivity contribution in [3.8, 4) is 0 Å². The van der Waals surface area contributed by atoms with Gasteiger partial charge in [0, 0.05) is 42.1 Å². The molecular weight excluding hydrogens is 388 g/mol. The second-order valence-corrected chi connectivity index (χ2v) is 7.32. The molecule has 0 aromatic heterocycles. The molecular formula is C21H18F4N2O2. The highest BCUT2D eigenvalue weighted by molar-refractivity contribution is 6.01. The fourth-order valence-electron chi connectivity index (χ4n) is 3.33. The number of benzene rings is 2. The molecule has 2 aromatic rings. The average Bonchev–Trinajstić information content (AvgIpc) is 3.42. The molecule has 0 spiro atoms. The Hall–Kier alpha value is -2.90. The third kappa shape index (κ3) is 4.41. The van der Waals surface area contributed by atoms with Crippen LogP contribution in [-0.2, 0) is 16.2 Å². The van der Waals surface area contributed by atoms with Crippen LogP contribution in [0.5, 0.6) is 0 Å². The second kappa shape index (κ2) is 7.85. The molecule has 1 heterocycles. The molecule has 4 rings (SSSR count). The molecule has 152 valence electrons. The molecule has 0 unspecified atom stereocenters. The summed E-state index contributed by atoms with van der Waals surface area (Å²) in [5.74, 6) is -3.08. The summed E-state index contributed by atoms with van der Waals surface area (Å²) in [6.45, 7) is 0.101. The van der Waals surface area contributed by atoms with E-state index in [1.165, 1.54) is 17.0 Å². The van der Waals surface area contributed by atoms with Crippen molar-refractivity contribution in [3.05, 3.63) is 70.8 Å². The zero-order valence-electron chi connectivity index (χ0n) is 15.4. The Morgan fingerprint density at radius 2 is 1.72 bits per heavy atom. The van der Waals surface area contributed by atoms with E-state index in [9.17, 15) is 22.4 Å². The van der Waals surface area contributed by atoms with E-state index in [2.05, 4.69) is 5.16 Å². The summed E-state index contributed by atoms with van der Waals surface area (Å²) in [5, 5.41) is 3.88. The molecule has 0 radical (unpaired) electrons. The Labute approximate surface area is 164 Å². The summed E-state index contributed by atoms with van der Waals surface area (Å²) in [4.78, 5) is 19.5. The highest BCUT2D eigenvalue weighted by Crippen LogP contribution is 2.32. The number of halogens is 4. The predicted octanol–water partition coefficient (Wildman–Crippen LogP) is 4.17. The minimum Gasteiger partial charge on any atom is -0.390 e. The van der Waals surface area contributed by atoms with Gasteiger partial charge >= 0.3 is 0 Å². The Kier molecular flexibility index (Phi) is 5.25. The van der Waals surface area contributed by atoms with Crippen molar-refractivity contribution in [1.29, 1.82) is 0 Å². The van der Waals surface area contributed by atoms with E-state index in [0.29, 0.717) is 5.71 Å². The number of carbonyl (C=O) groups is 1. The lowest BCUT2D eigenvalue weighted by Crippen LogP contribution is -2.38. The molecule has 2 aliphatic rings. The molecule has 1 amide bonds. The van der Waals surface area contributed by atoms with Crippen LogP contribution in [0.1, 0.15) is 30.4 Å². The zero-order valence-corrected chi connectivity index (χ0v) is 15.4. The van der Waals surface area contributed by atoms with Gasteiger partial charge < -0.3 is 9.74 Å². The lowest BCUT2D eigenvalue weighted by molar-refractivity contribution is -0.135. The Bertz CT molecular complexity index is 975. The molecule has 0 saturated heterocycles. The van der Waals surface area contributed by atoms with Crippen LogP contribution in [0.2, 0.25) is 0 Å². The summed E-state index contributed by atoms with van der Waals surface area (Å²) in [6.07, 6.45) is 1.23. The van der Waals surface area contributed by atoms with Crippen LogP contribution in [0.4, 0.5) is 17.6 Å². The maximum atomic E-state index is 14.1. The molecule has 1 aliphatic heterocycles. The van der Waals surface area contributed by atoms with Crippen LogP contribution in [0.3, 0.4) is 0 Å². The summed E-state index contributed by atoms with van der Waals surface area (Å²) in [5.41, 5.74) is 0.655. The number of amides is 1. The van der Waals surface area contributed by atoms with Crippen LogP contribution in [0.25, 0.3) is 0 Å². The van der Waals surface area contributed by atoms with Gasteiger partial charge in [-0.15, -0.1) is 0 Å². The maximum absolute atomic E-state index is 14.1. The first kappa shape index (κ1) is 19.4. The summed E-state index contributed by atoms with van der Waals surface area (Å²) in [6, 6.07) is 6.42. The number of rotatable bonds is 6. The molecule has 0 bridgehead atoms. The fraction of sp³-hybridized carbons (Fsp3) is 0.333. The molecule has 1 atom stereocenters. The first-order chi connectivity index (χ1) is 13.9. The largest absolute Gasteiger partial charge is 0.390 e. The standard InChI is InChI=1S/C21H18F4N2O2/c22-14-4-3-13(18(24)7-14)10-27(21(28)12-1-2-12)11-16-9-20(26-29-16)17-6-5-15(23)8-19(17)25/h3-8,12,16H,1-2,9-11H2/t16-/m0/s1. The van der Waals surface area contributed by atoms with Crippen LogP contribution >= 0.6 is 0 Å². The van der Waals surface area contributed by atoms with Crippen molar-refractivity contribution in [2.24, 2.45) is 11.1 Å². The monoisotopic (exact) mass is 406 g/mol. The van der Waals surface area contributed by atoms with Gasteiger partial charge in [-0.2, -0.15) is 0 Å². The van der Waals surface area contributed by atoms with E-state index in [1.807, 2.05) is 0 Å². The number of hydrogen-bond acceptors (Lipinski definition) is 3. The van der Waals surface area contributed by atoms with Crippen molar-refractivity contribution in [3.63, 3.8) is 0 Å². The number of nitrogens with zero attached hydrogens (tertiary/aromatic N) is 2. The quantitative estimate of drug-likeness (QED) is 0.676. The van der Waals surface area contributed by atoms with E-state index in [0.717, 1.165) is 37.1 Å². The molecule has 29 heavy (non-hydrogen) atoms. The van der Waals surface area contributed by atoms with Crippen molar-refractivity contribution < 1.29 is 27.2 Å². The minimum atomic E-state index is -0.743. The van der Waals surface area contributed by atoms with E-state index in [-0.39, 0.29) is 42.5 Å². The number of carbonyl (C=O) groups excluding carboxylic acids is 1. The zero-order chi connectivity index (χ0) is 20.5. The fourth-order valence-corrected chi connectivity index (χ4v) is 3.33. The molecule has 4 nitrogen and oxygen atoms in total. The highest BCUT2D eigenvalue weighted by Gasteiger charge is 2.36. The van der Waals surface area contributed by atoms with Crippen molar-refractivity contribution in [2.75, 3.05) is 6.54 Å². The Balaban J connectivity index is 1.46. The normalized spacial score (nSPS) is 18.3. The van der Waals surface area contributed by atoms with Gasteiger partial charge in [0.05, 0.1) is 12.3 Å². The molecule has 2 aromatic carbocycles. The van der Waals surface area contributed by atoms with E-state index in [1.54, 1.807) is 0 Å². The highest BCUT2D eigenvalue weighted by atomic mass is 19.1. The van der Waals surface area contributed by atoms with Gasteiger partial charge in [-0.3, -0.25) is 4.79 Å².